The average molecular weight is 302 g/mol. The smallest absolute Gasteiger partial charge is 0.115 e. The van der Waals surface area contributed by atoms with Crippen molar-refractivity contribution in [1.82, 2.24) is 9.80 Å². The third kappa shape index (κ3) is 3.47. The fourth-order valence-electron chi connectivity index (χ4n) is 4.17. The van der Waals surface area contributed by atoms with Crippen molar-refractivity contribution in [2.24, 2.45) is 11.8 Å². The Labute approximate surface area is 134 Å². The maximum atomic E-state index is 9.86. The van der Waals surface area contributed by atoms with E-state index >= 15 is 0 Å². The van der Waals surface area contributed by atoms with Crippen molar-refractivity contribution in [3.63, 3.8) is 0 Å². The Kier molecular flexibility index (Phi) is 5.04. The topological polar surface area (TPSA) is 26.7 Å². The summed E-state index contributed by atoms with van der Waals surface area (Å²) < 4.78 is 0. The van der Waals surface area contributed by atoms with E-state index in [9.17, 15) is 5.11 Å². The molecule has 0 aromatic heterocycles. The highest BCUT2D eigenvalue weighted by molar-refractivity contribution is 5.30. The molecule has 2 saturated heterocycles. The number of likely N-dealkylation sites (tertiary alicyclic amines) is 2. The Morgan fingerprint density at radius 3 is 2.59 bits per heavy atom. The third-order valence-corrected chi connectivity index (χ3v) is 5.77. The van der Waals surface area contributed by atoms with Gasteiger partial charge in [0.05, 0.1) is 0 Å². The molecular formula is C19H30N2O. The van der Waals surface area contributed by atoms with Gasteiger partial charge in [-0.05, 0) is 68.4 Å². The maximum Gasteiger partial charge on any atom is 0.115 e. The highest BCUT2D eigenvalue weighted by Gasteiger charge is 2.34. The van der Waals surface area contributed by atoms with Crippen molar-refractivity contribution in [1.29, 1.82) is 0 Å². The standard InChI is InChI=1S/C19H30N2O/c1-15-8-11-21(13-12-20-9-3-4-10-20)19(16(15)2)17-6-5-7-18(22)14-17/h5-7,14-16,19,22H,3-4,8-13H2,1-2H3/t15-,16+,19?/m0/s1. The Bertz CT molecular complexity index is 484. The van der Waals surface area contributed by atoms with Gasteiger partial charge in [-0.15, -0.1) is 0 Å². The van der Waals surface area contributed by atoms with Crippen molar-refractivity contribution >= 4 is 0 Å². The van der Waals surface area contributed by atoms with Crippen LogP contribution in [0.2, 0.25) is 0 Å². The van der Waals surface area contributed by atoms with Crippen LogP contribution in [0.5, 0.6) is 5.75 Å². The van der Waals surface area contributed by atoms with Gasteiger partial charge in [-0.25, -0.2) is 0 Å². The maximum absolute atomic E-state index is 9.86. The van der Waals surface area contributed by atoms with Gasteiger partial charge >= 0.3 is 0 Å². The van der Waals surface area contributed by atoms with Gasteiger partial charge in [-0.3, -0.25) is 4.90 Å². The molecule has 3 nitrogen and oxygen atoms in total. The van der Waals surface area contributed by atoms with E-state index in [0.717, 1.165) is 12.5 Å². The van der Waals surface area contributed by atoms with Crippen molar-refractivity contribution in [2.45, 2.75) is 39.2 Å². The van der Waals surface area contributed by atoms with E-state index in [1.54, 1.807) is 6.07 Å². The molecule has 0 aliphatic carbocycles. The Hall–Kier alpha value is -1.06. The molecule has 1 aromatic carbocycles. The predicted molar refractivity (Wildman–Crippen MR) is 91.0 cm³/mol. The number of hydrogen-bond donors (Lipinski definition) is 1. The van der Waals surface area contributed by atoms with E-state index < -0.39 is 0 Å². The van der Waals surface area contributed by atoms with Crippen LogP contribution in [-0.2, 0) is 0 Å². The number of benzene rings is 1. The molecule has 2 heterocycles. The van der Waals surface area contributed by atoms with Crippen LogP contribution in [-0.4, -0.2) is 47.6 Å². The summed E-state index contributed by atoms with van der Waals surface area (Å²) >= 11 is 0. The first-order valence-corrected chi connectivity index (χ1v) is 8.90. The summed E-state index contributed by atoms with van der Waals surface area (Å²) in [5.74, 6) is 1.77. The molecule has 1 N–H and O–H groups in total. The lowest BCUT2D eigenvalue weighted by Crippen LogP contribution is -2.44. The molecule has 3 rings (SSSR count). The Morgan fingerprint density at radius 2 is 1.86 bits per heavy atom. The number of rotatable bonds is 4. The first kappa shape index (κ1) is 15.8. The summed E-state index contributed by atoms with van der Waals surface area (Å²) in [6, 6.07) is 8.34. The molecule has 0 bridgehead atoms. The van der Waals surface area contributed by atoms with Gasteiger partial charge in [-0.1, -0.05) is 26.0 Å². The van der Waals surface area contributed by atoms with Crippen LogP contribution in [0.25, 0.3) is 0 Å². The normalized spacial score (nSPS) is 30.7. The molecule has 22 heavy (non-hydrogen) atoms. The van der Waals surface area contributed by atoms with Gasteiger partial charge in [0.25, 0.3) is 0 Å². The van der Waals surface area contributed by atoms with Gasteiger partial charge in [-0.2, -0.15) is 0 Å². The molecule has 1 aromatic rings. The van der Waals surface area contributed by atoms with E-state index in [0.29, 0.717) is 17.7 Å². The molecule has 3 heteroatoms. The molecule has 0 saturated carbocycles. The fraction of sp³-hybridized carbons (Fsp3) is 0.684. The molecular weight excluding hydrogens is 272 g/mol. The highest BCUT2D eigenvalue weighted by atomic mass is 16.3. The zero-order valence-electron chi connectivity index (χ0n) is 14.0. The predicted octanol–water partition coefficient (Wildman–Crippen LogP) is 3.51. The van der Waals surface area contributed by atoms with Crippen molar-refractivity contribution in [3.8, 4) is 5.75 Å². The van der Waals surface area contributed by atoms with Crippen LogP contribution >= 0.6 is 0 Å². The lowest BCUT2D eigenvalue weighted by molar-refractivity contribution is 0.0560. The molecule has 0 amide bonds. The molecule has 3 atom stereocenters. The summed E-state index contributed by atoms with van der Waals surface area (Å²) in [4.78, 5) is 5.25. The van der Waals surface area contributed by atoms with Crippen LogP contribution in [0, 0.1) is 11.8 Å². The molecule has 2 aliphatic rings. The Balaban J connectivity index is 1.73. The zero-order valence-corrected chi connectivity index (χ0v) is 14.0. The van der Waals surface area contributed by atoms with Gasteiger partial charge in [0, 0.05) is 19.1 Å². The summed E-state index contributed by atoms with van der Waals surface area (Å²) in [5, 5.41) is 9.86. The van der Waals surface area contributed by atoms with Crippen LogP contribution in [0.4, 0.5) is 0 Å². The van der Waals surface area contributed by atoms with Crippen molar-refractivity contribution in [3.05, 3.63) is 29.8 Å². The minimum Gasteiger partial charge on any atom is -0.508 e. The number of nitrogens with zero attached hydrogens (tertiary/aromatic N) is 2. The number of piperidine rings is 1. The number of hydrogen-bond acceptors (Lipinski definition) is 3. The summed E-state index contributed by atoms with van der Waals surface area (Å²) in [6.07, 6.45) is 4.02. The monoisotopic (exact) mass is 302 g/mol. The largest absolute Gasteiger partial charge is 0.508 e. The van der Waals surface area contributed by atoms with Crippen LogP contribution in [0.15, 0.2) is 24.3 Å². The second kappa shape index (κ2) is 7.01. The number of phenols is 1. The molecule has 2 aliphatic heterocycles. The van der Waals surface area contributed by atoms with Crippen LogP contribution in [0.3, 0.4) is 0 Å². The molecule has 122 valence electrons. The fourth-order valence-corrected chi connectivity index (χ4v) is 4.17. The first-order chi connectivity index (χ1) is 10.6. The van der Waals surface area contributed by atoms with E-state index in [1.165, 1.54) is 51.0 Å². The van der Waals surface area contributed by atoms with E-state index in [4.69, 9.17) is 0 Å². The first-order valence-electron chi connectivity index (χ1n) is 8.90. The van der Waals surface area contributed by atoms with Gasteiger partial charge in [0.1, 0.15) is 5.75 Å². The van der Waals surface area contributed by atoms with E-state index in [-0.39, 0.29) is 0 Å². The van der Waals surface area contributed by atoms with E-state index in [1.807, 2.05) is 12.1 Å². The molecule has 1 unspecified atom stereocenters. The van der Waals surface area contributed by atoms with Crippen molar-refractivity contribution < 1.29 is 5.11 Å². The van der Waals surface area contributed by atoms with Gasteiger partial charge in [0.2, 0.25) is 0 Å². The summed E-state index contributed by atoms with van der Waals surface area (Å²) in [7, 11) is 0. The minimum absolute atomic E-state index is 0.391. The SMILES string of the molecule is C[C@H]1CCN(CCN2CCCC2)C(c2cccc(O)c2)[C@@H]1C. The molecule has 0 radical (unpaired) electrons. The minimum atomic E-state index is 0.391. The quantitative estimate of drug-likeness (QED) is 0.922. The highest BCUT2D eigenvalue weighted by Crippen LogP contribution is 2.39. The molecule has 0 spiro atoms. The number of phenolic OH excluding ortho intramolecular Hbond substituents is 1. The van der Waals surface area contributed by atoms with Crippen LogP contribution in [0.1, 0.15) is 44.7 Å². The summed E-state index contributed by atoms with van der Waals surface area (Å²) in [6.45, 7) is 10.8. The number of aromatic hydroxyl groups is 1. The average Bonchev–Trinajstić information content (AvgIpc) is 3.02. The van der Waals surface area contributed by atoms with Crippen LogP contribution < -0.4 is 0 Å². The lowest BCUT2D eigenvalue weighted by Gasteiger charge is -2.44. The lowest BCUT2D eigenvalue weighted by atomic mass is 9.79. The second-order valence-corrected chi connectivity index (χ2v) is 7.25. The zero-order chi connectivity index (χ0) is 15.5. The third-order valence-electron chi connectivity index (χ3n) is 5.77. The second-order valence-electron chi connectivity index (χ2n) is 7.25. The van der Waals surface area contributed by atoms with Crippen molar-refractivity contribution in [2.75, 3.05) is 32.7 Å². The van der Waals surface area contributed by atoms with E-state index in [2.05, 4.69) is 29.7 Å². The van der Waals surface area contributed by atoms with Gasteiger partial charge < -0.3 is 10.0 Å². The van der Waals surface area contributed by atoms with Gasteiger partial charge in [0.15, 0.2) is 0 Å². The molecule has 2 fully saturated rings. The Morgan fingerprint density at radius 1 is 1.09 bits per heavy atom. The summed E-state index contributed by atoms with van der Waals surface area (Å²) in [5.41, 5.74) is 1.28.